The van der Waals surface area contributed by atoms with Crippen molar-refractivity contribution in [1.82, 2.24) is 14.5 Å². The summed E-state index contributed by atoms with van der Waals surface area (Å²) in [6.07, 6.45) is 0.881. The van der Waals surface area contributed by atoms with Gasteiger partial charge in [-0.2, -0.15) is 4.98 Å². The van der Waals surface area contributed by atoms with Crippen molar-refractivity contribution in [3.8, 4) is 0 Å². The predicted molar refractivity (Wildman–Crippen MR) is 164 cm³/mol. The highest BCUT2D eigenvalue weighted by atomic mass is 35.5. The quantitative estimate of drug-likeness (QED) is 0.118. The van der Waals surface area contributed by atoms with Gasteiger partial charge >= 0.3 is 19.5 Å². The number of aliphatic hydroxyl groups is 2. The second-order valence-electron chi connectivity index (χ2n) is 12.2. The Morgan fingerprint density at radius 1 is 1.04 bits per heavy atom. The van der Waals surface area contributed by atoms with E-state index in [0.717, 1.165) is 31.4 Å². The normalized spacial score (nSPS) is 22.7. The number of carbonyl (C=O) groups excluding carboxylic acids is 2. The minimum absolute atomic E-state index is 0.00140. The summed E-state index contributed by atoms with van der Waals surface area (Å²) in [7, 11) is -9.03. The minimum Gasteiger partial charge on any atom is -0.438 e. The molecule has 2 aromatic rings. The molecular weight excluding hydrogens is 669 g/mol. The van der Waals surface area contributed by atoms with E-state index in [1.54, 1.807) is 40.0 Å². The lowest BCUT2D eigenvalue weighted by molar-refractivity contribution is -0.156. The van der Waals surface area contributed by atoms with Crippen LogP contribution < -0.4 is 0 Å². The molecule has 3 heterocycles. The Bertz CT molecular complexity index is 1520. The number of ether oxygens (including phenoxy) is 3. The maximum absolute atomic E-state index is 13.4. The van der Waals surface area contributed by atoms with Crippen molar-refractivity contribution >= 4 is 52.0 Å². The number of halogens is 1. The number of hydrogen-bond acceptors (Lipinski definition) is 14. The van der Waals surface area contributed by atoms with Crippen LogP contribution in [0.4, 0.5) is 0 Å². The van der Waals surface area contributed by atoms with Crippen molar-refractivity contribution in [2.75, 3.05) is 24.8 Å². The third kappa shape index (κ3) is 9.25. The summed E-state index contributed by atoms with van der Waals surface area (Å²) in [5, 5.41) is 22.4. The van der Waals surface area contributed by atoms with E-state index >= 15 is 0 Å². The monoisotopic (exact) mass is 709 g/mol. The van der Waals surface area contributed by atoms with E-state index in [9.17, 15) is 32.8 Å². The van der Waals surface area contributed by atoms with E-state index in [-0.39, 0.29) is 5.28 Å². The second-order valence-corrected chi connectivity index (χ2v) is 17.1. The molecule has 258 valence electrons. The molecule has 15 nitrogen and oxygen atoms in total. The van der Waals surface area contributed by atoms with Gasteiger partial charge in [0.1, 0.15) is 24.0 Å². The Kier molecular flexibility index (Phi) is 12.2. The van der Waals surface area contributed by atoms with Crippen LogP contribution >= 0.6 is 19.2 Å². The molecule has 4 atom stereocenters. The molecule has 4 rings (SSSR count). The molecule has 0 unspecified atom stereocenters. The molecular formula is C28H41ClN3O12PS. The number of aromatic nitrogens is 3. The fraction of sp³-hybridized carbons (Fsp3) is 0.714. The highest BCUT2D eigenvalue weighted by Gasteiger charge is 2.47. The van der Waals surface area contributed by atoms with Crippen LogP contribution in [0, 0.1) is 17.8 Å². The predicted octanol–water partition coefficient (Wildman–Crippen LogP) is 3.35. The molecule has 0 radical (unpaired) electrons. The zero-order valence-corrected chi connectivity index (χ0v) is 28.6. The molecule has 0 aromatic carbocycles. The van der Waals surface area contributed by atoms with Gasteiger partial charge in [-0.05, 0) is 30.0 Å². The van der Waals surface area contributed by atoms with Crippen molar-refractivity contribution in [2.45, 2.75) is 84.3 Å². The van der Waals surface area contributed by atoms with Crippen LogP contribution in [0.2, 0.25) is 5.28 Å². The first kappa shape index (κ1) is 36.7. The molecule has 1 saturated carbocycles. The molecule has 1 saturated heterocycles. The van der Waals surface area contributed by atoms with Crippen molar-refractivity contribution in [3.63, 3.8) is 0 Å². The first-order chi connectivity index (χ1) is 21.6. The zero-order chi connectivity index (χ0) is 33.8. The molecule has 18 heteroatoms. The Labute approximate surface area is 272 Å². The molecule has 0 spiro atoms. The maximum atomic E-state index is 13.4. The third-order valence-electron chi connectivity index (χ3n) is 7.81. The van der Waals surface area contributed by atoms with E-state index in [1.807, 2.05) is 0 Å². The zero-order valence-electron chi connectivity index (χ0n) is 26.1. The van der Waals surface area contributed by atoms with Crippen LogP contribution in [0.15, 0.2) is 12.3 Å². The van der Waals surface area contributed by atoms with Gasteiger partial charge in [0.2, 0.25) is 18.9 Å². The molecule has 1 aliphatic carbocycles. The van der Waals surface area contributed by atoms with Crippen molar-refractivity contribution < 1.29 is 56.0 Å². The summed E-state index contributed by atoms with van der Waals surface area (Å²) < 4.78 is 67.1. The molecule has 2 fully saturated rings. The number of sulfone groups is 1. The Morgan fingerprint density at radius 2 is 1.63 bits per heavy atom. The first-order valence-electron chi connectivity index (χ1n) is 15.1. The SMILES string of the molecule is CC(C)C(=O)OCOP(=O)(CS(=O)(=O)C[C@H]1O[C@@H](n2ccc3c(CC4CCCC4)nc(Cl)nc32)[C@H](O)[C@@H]1O)OCOC(=O)C(C)C. The largest absolute Gasteiger partial charge is 0.438 e. The van der Waals surface area contributed by atoms with Crippen LogP contribution in [0.1, 0.15) is 65.3 Å². The fourth-order valence-electron chi connectivity index (χ4n) is 5.33. The number of fused-ring (bicyclic) bond motifs is 1. The van der Waals surface area contributed by atoms with E-state index < -0.39 is 90.6 Å². The Hall–Kier alpha value is -2.17. The topological polar surface area (TPSA) is 203 Å². The summed E-state index contributed by atoms with van der Waals surface area (Å²) in [6, 6.07) is 1.76. The molecule has 2 N–H and O–H groups in total. The lowest BCUT2D eigenvalue weighted by Gasteiger charge is -2.20. The van der Waals surface area contributed by atoms with Gasteiger partial charge < -0.3 is 29.0 Å². The van der Waals surface area contributed by atoms with Gasteiger partial charge in [0.25, 0.3) is 0 Å². The Balaban J connectivity index is 1.48. The van der Waals surface area contributed by atoms with E-state index in [4.69, 9.17) is 34.9 Å². The van der Waals surface area contributed by atoms with Crippen LogP contribution in [0.5, 0.6) is 0 Å². The van der Waals surface area contributed by atoms with Gasteiger partial charge in [-0.1, -0.05) is 53.4 Å². The van der Waals surface area contributed by atoms with Gasteiger partial charge in [-0.25, -0.2) is 13.4 Å². The number of aliphatic hydroxyl groups excluding tert-OH is 2. The standard InChI is InChI=1S/C28H41ClN3O12PS/c1-16(2)26(35)40-13-42-45(37,43-14-41-27(36)17(3)4)15-46(38,39)12-21-22(33)23(34)25(44-21)32-10-9-19-20(11-18-7-5-6-8-18)30-28(29)31-24(19)32/h9-10,16-18,21-23,25,33-34H,5-8,11-15H2,1-4H3/t21-,22-,23-,25-/m1/s1. The second kappa shape index (κ2) is 15.4. The number of carbonyl (C=O) groups is 2. The molecule has 2 aliphatic rings. The fourth-order valence-corrected chi connectivity index (χ4v) is 9.73. The molecule has 2 aromatic heterocycles. The van der Waals surface area contributed by atoms with Crippen molar-refractivity contribution in [2.24, 2.45) is 17.8 Å². The summed E-state index contributed by atoms with van der Waals surface area (Å²) in [6.45, 7) is 4.43. The smallest absolute Gasteiger partial charge is 0.351 e. The van der Waals surface area contributed by atoms with Crippen molar-refractivity contribution in [1.29, 1.82) is 0 Å². The van der Waals surface area contributed by atoms with Crippen LogP contribution in [-0.2, 0) is 53.7 Å². The average molecular weight is 710 g/mol. The van der Waals surface area contributed by atoms with Crippen LogP contribution in [0.3, 0.4) is 0 Å². The van der Waals surface area contributed by atoms with Gasteiger partial charge in [0.05, 0.1) is 23.3 Å². The average Bonchev–Trinajstić information content (AvgIpc) is 3.69. The lowest BCUT2D eigenvalue weighted by Crippen LogP contribution is -2.36. The number of nitrogens with zero attached hydrogens (tertiary/aromatic N) is 3. The summed E-state index contributed by atoms with van der Waals surface area (Å²) in [5.74, 6) is -2.90. The van der Waals surface area contributed by atoms with Crippen LogP contribution in [0.25, 0.3) is 11.0 Å². The van der Waals surface area contributed by atoms with E-state index in [1.165, 1.54) is 4.57 Å². The van der Waals surface area contributed by atoms with Crippen LogP contribution in [-0.4, -0.2) is 88.2 Å². The van der Waals surface area contributed by atoms with Crippen molar-refractivity contribution in [3.05, 3.63) is 23.2 Å². The van der Waals surface area contributed by atoms with Gasteiger partial charge in [-0.15, -0.1) is 0 Å². The van der Waals surface area contributed by atoms with Gasteiger partial charge in [0.15, 0.2) is 21.6 Å². The summed E-state index contributed by atoms with van der Waals surface area (Å²) in [4.78, 5) is 32.3. The molecule has 1 aliphatic heterocycles. The minimum atomic E-state index is -4.60. The molecule has 0 amide bonds. The number of esters is 2. The molecule has 46 heavy (non-hydrogen) atoms. The number of hydrogen-bond donors (Lipinski definition) is 2. The Morgan fingerprint density at radius 3 is 2.20 bits per heavy atom. The van der Waals surface area contributed by atoms with E-state index in [0.29, 0.717) is 23.4 Å². The highest BCUT2D eigenvalue weighted by Crippen LogP contribution is 2.50. The number of rotatable bonds is 15. The molecule has 0 bridgehead atoms. The van der Waals surface area contributed by atoms with Gasteiger partial charge in [-0.3, -0.25) is 23.2 Å². The highest BCUT2D eigenvalue weighted by molar-refractivity contribution is 7.97. The summed E-state index contributed by atoms with van der Waals surface area (Å²) >= 11 is 6.25. The van der Waals surface area contributed by atoms with E-state index in [2.05, 4.69) is 9.97 Å². The van der Waals surface area contributed by atoms with Gasteiger partial charge in [0, 0.05) is 11.6 Å². The maximum Gasteiger partial charge on any atom is 0.351 e. The third-order valence-corrected chi connectivity index (χ3v) is 12.7. The first-order valence-corrected chi connectivity index (χ1v) is 19.0. The summed E-state index contributed by atoms with van der Waals surface area (Å²) in [5.41, 5.74) is -0.126. The lowest BCUT2D eigenvalue weighted by atomic mass is 10.0.